The molecule has 2 aromatic rings. The Morgan fingerprint density at radius 1 is 1.20 bits per heavy atom. The largest absolute Gasteiger partial charge is 0.416 e. The number of amides is 1. The molecule has 0 aliphatic carbocycles. The summed E-state index contributed by atoms with van der Waals surface area (Å²) in [6.07, 6.45) is -1.83. The summed E-state index contributed by atoms with van der Waals surface area (Å²) in [5.74, 6) is -0.355. The lowest BCUT2D eigenvalue weighted by Crippen LogP contribution is -2.39. The topological polar surface area (TPSA) is 53.5 Å². The molecule has 160 valence electrons. The van der Waals surface area contributed by atoms with E-state index in [9.17, 15) is 22.8 Å². The fraction of sp³-hybridized carbons (Fsp3) is 0.476. The number of fused-ring (bicyclic) bond motifs is 1. The molecular formula is C21H22F3N3O2S. The number of nitrogens with zero attached hydrogens (tertiary/aromatic N) is 3. The first-order valence-corrected chi connectivity index (χ1v) is 10.7. The summed E-state index contributed by atoms with van der Waals surface area (Å²) < 4.78 is 44.4. The molecule has 1 fully saturated rings. The van der Waals surface area contributed by atoms with Crippen LogP contribution in [0.3, 0.4) is 0 Å². The number of aldehydes is 1. The van der Waals surface area contributed by atoms with Crippen LogP contribution in [0, 0.1) is 0 Å². The highest BCUT2D eigenvalue weighted by Crippen LogP contribution is 2.39. The van der Waals surface area contributed by atoms with Crippen LogP contribution in [0.5, 0.6) is 0 Å². The van der Waals surface area contributed by atoms with Crippen molar-refractivity contribution in [3.05, 3.63) is 51.5 Å². The van der Waals surface area contributed by atoms with Crippen LogP contribution < -0.4 is 0 Å². The van der Waals surface area contributed by atoms with Crippen LogP contribution in [-0.2, 0) is 23.9 Å². The van der Waals surface area contributed by atoms with E-state index in [0.717, 1.165) is 22.8 Å². The van der Waals surface area contributed by atoms with E-state index in [-0.39, 0.29) is 11.8 Å². The first-order chi connectivity index (χ1) is 14.4. The van der Waals surface area contributed by atoms with Gasteiger partial charge in [0.1, 0.15) is 12.0 Å². The smallest absolute Gasteiger partial charge is 0.337 e. The minimum atomic E-state index is -4.37. The molecule has 3 heterocycles. The Balaban J connectivity index is 1.44. The summed E-state index contributed by atoms with van der Waals surface area (Å²) in [4.78, 5) is 28.5. The molecule has 0 radical (unpaired) electrons. The van der Waals surface area contributed by atoms with E-state index in [1.807, 2.05) is 4.90 Å². The molecule has 1 aromatic heterocycles. The molecule has 1 saturated heterocycles. The number of hydrogen-bond donors (Lipinski definition) is 0. The molecule has 0 N–H and O–H groups in total. The maximum absolute atomic E-state index is 13.3. The Kier molecular flexibility index (Phi) is 5.92. The van der Waals surface area contributed by atoms with Crippen molar-refractivity contribution in [1.82, 2.24) is 14.2 Å². The lowest BCUT2D eigenvalue weighted by Gasteiger charge is -2.33. The SMILES string of the molecule is O=CCN1CCc2c(C(=O)N3CCC(c4ccccc4C(F)(F)F)CC3)nsc2C1. The molecule has 0 unspecified atom stereocenters. The number of halogens is 3. The van der Waals surface area contributed by atoms with Gasteiger partial charge in [0.2, 0.25) is 0 Å². The second kappa shape index (κ2) is 8.47. The van der Waals surface area contributed by atoms with Crippen LogP contribution in [0.1, 0.15) is 50.8 Å². The van der Waals surface area contributed by atoms with Gasteiger partial charge >= 0.3 is 6.18 Å². The number of alkyl halides is 3. The lowest BCUT2D eigenvalue weighted by molar-refractivity contribution is -0.138. The lowest BCUT2D eigenvalue weighted by atomic mass is 9.86. The van der Waals surface area contributed by atoms with Crippen LogP contribution >= 0.6 is 11.5 Å². The van der Waals surface area contributed by atoms with Gasteiger partial charge in [-0.05, 0) is 48.3 Å². The van der Waals surface area contributed by atoms with Crippen molar-refractivity contribution in [1.29, 1.82) is 0 Å². The average molecular weight is 437 g/mol. The third-order valence-corrected chi connectivity index (χ3v) is 6.81. The van der Waals surface area contributed by atoms with Crippen molar-refractivity contribution in [3.63, 3.8) is 0 Å². The second-order valence-corrected chi connectivity index (χ2v) is 8.59. The summed E-state index contributed by atoms with van der Waals surface area (Å²) in [6, 6.07) is 5.72. The van der Waals surface area contributed by atoms with E-state index < -0.39 is 11.7 Å². The number of hydrogen-bond acceptors (Lipinski definition) is 5. The predicted molar refractivity (Wildman–Crippen MR) is 106 cm³/mol. The molecule has 0 saturated carbocycles. The van der Waals surface area contributed by atoms with Gasteiger partial charge in [-0.2, -0.15) is 17.5 Å². The van der Waals surface area contributed by atoms with Crippen molar-refractivity contribution in [3.8, 4) is 0 Å². The van der Waals surface area contributed by atoms with Crippen LogP contribution in [0.4, 0.5) is 13.2 Å². The number of rotatable bonds is 4. The van der Waals surface area contributed by atoms with Crippen LogP contribution in [0.15, 0.2) is 24.3 Å². The van der Waals surface area contributed by atoms with Crippen molar-refractivity contribution in [2.45, 2.75) is 37.9 Å². The summed E-state index contributed by atoms with van der Waals surface area (Å²) in [7, 11) is 0. The quantitative estimate of drug-likeness (QED) is 0.684. The van der Waals surface area contributed by atoms with Gasteiger partial charge in [-0.25, -0.2) is 0 Å². The average Bonchev–Trinajstić information content (AvgIpc) is 3.16. The third-order valence-electron chi connectivity index (χ3n) is 5.94. The fourth-order valence-electron chi connectivity index (χ4n) is 4.36. The Morgan fingerprint density at radius 2 is 1.93 bits per heavy atom. The number of carbonyl (C=O) groups is 2. The van der Waals surface area contributed by atoms with E-state index in [4.69, 9.17) is 0 Å². The van der Waals surface area contributed by atoms with Gasteiger partial charge in [0, 0.05) is 36.6 Å². The minimum absolute atomic E-state index is 0.140. The van der Waals surface area contributed by atoms with Crippen molar-refractivity contribution in [2.75, 3.05) is 26.2 Å². The van der Waals surface area contributed by atoms with Gasteiger partial charge in [0.15, 0.2) is 0 Å². The zero-order valence-electron chi connectivity index (χ0n) is 16.3. The van der Waals surface area contributed by atoms with Crippen LogP contribution in [-0.4, -0.2) is 52.5 Å². The van der Waals surface area contributed by atoms with E-state index in [2.05, 4.69) is 4.37 Å². The molecule has 4 rings (SSSR count). The molecule has 5 nitrogen and oxygen atoms in total. The van der Waals surface area contributed by atoms with E-state index in [0.29, 0.717) is 63.2 Å². The highest BCUT2D eigenvalue weighted by molar-refractivity contribution is 7.06. The first-order valence-electron chi connectivity index (χ1n) is 9.97. The zero-order valence-corrected chi connectivity index (χ0v) is 17.1. The van der Waals surface area contributed by atoms with E-state index in [1.165, 1.54) is 17.6 Å². The molecular weight excluding hydrogens is 415 g/mol. The van der Waals surface area contributed by atoms with Gasteiger partial charge in [-0.15, -0.1) is 0 Å². The third kappa shape index (κ3) is 4.13. The summed E-state index contributed by atoms with van der Waals surface area (Å²) >= 11 is 1.30. The predicted octanol–water partition coefficient (Wildman–Crippen LogP) is 3.74. The Hall–Kier alpha value is -2.26. The molecule has 9 heteroatoms. The molecule has 2 aliphatic heterocycles. The number of piperidine rings is 1. The maximum atomic E-state index is 13.3. The molecule has 0 spiro atoms. The number of likely N-dealkylation sites (tertiary alicyclic amines) is 1. The summed E-state index contributed by atoms with van der Waals surface area (Å²) in [6.45, 7) is 2.53. The van der Waals surface area contributed by atoms with Crippen LogP contribution in [0.2, 0.25) is 0 Å². The van der Waals surface area contributed by atoms with Gasteiger partial charge < -0.3 is 9.69 Å². The van der Waals surface area contributed by atoms with Gasteiger partial charge in [0.25, 0.3) is 5.91 Å². The van der Waals surface area contributed by atoms with Crippen molar-refractivity contribution in [2.24, 2.45) is 0 Å². The van der Waals surface area contributed by atoms with Crippen LogP contribution in [0.25, 0.3) is 0 Å². The Morgan fingerprint density at radius 3 is 2.63 bits per heavy atom. The summed E-state index contributed by atoms with van der Waals surface area (Å²) in [5.41, 5.74) is 1.16. The normalized spacial score (nSPS) is 18.3. The Labute approximate surface area is 176 Å². The van der Waals surface area contributed by atoms with Crippen molar-refractivity contribution >= 4 is 23.7 Å². The van der Waals surface area contributed by atoms with Gasteiger partial charge in [0.05, 0.1) is 12.1 Å². The van der Waals surface area contributed by atoms with Crippen molar-refractivity contribution < 1.29 is 22.8 Å². The van der Waals surface area contributed by atoms with Gasteiger partial charge in [-0.1, -0.05) is 18.2 Å². The highest BCUT2D eigenvalue weighted by atomic mass is 32.1. The second-order valence-electron chi connectivity index (χ2n) is 7.74. The molecule has 1 aromatic carbocycles. The minimum Gasteiger partial charge on any atom is -0.337 e. The first kappa shape index (κ1) is 21.0. The summed E-state index contributed by atoms with van der Waals surface area (Å²) in [5, 5.41) is 0. The standard InChI is InChI=1S/C21H22F3N3O2S/c22-21(23,24)17-4-2-1-3-15(17)14-5-9-27(10-6-14)20(29)19-16-7-8-26(11-12-28)13-18(16)30-25-19/h1-4,12,14H,5-11,13H2. The molecule has 30 heavy (non-hydrogen) atoms. The van der Waals surface area contributed by atoms with Gasteiger partial charge in [-0.3, -0.25) is 9.69 Å². The monoisotopic (exact) mass is 437 g/mol. The van der Waals surface area contributed by atoms with E-state index in [1.54, 1.807) is 17.0 Å². The highest BCUT2D eigenvalue weighted by Gasteiger charge is 2.36. The Bertz CT molecular complexity index is 936. The number of carbonyl (C=O) groups excluding carboxylic acids is 2. The van der Waals surface area contributed by atoms with E-state index >= 15 is 0 Å². The zero-order chi connectivity index (χ0) is 21.3. The maximum Gasteiger partial charge on any atom is 0.416 e. The molecule has 1 amide bonds. The molecule has 0 bridgehead atoms. The number of benzene rings is 1. The molecule has 0 atom stereocenters. The number of aromatic nitrogens is 1. The fourth-order valence-corrected chi connectivity index (χ4v) is 5.30. The molecule has 2 aliphatic rings.